The fraction of sp³-hybridized carbons (Fsp3) is 0.333. The quantitative estimate of drug-likeness (QED) is 0.469. The smallest absolute Gasteiger partial charge is 0.349 e. The highest BCUT2D eigenvalue weighted by atomic mass is 16.5. The van der Waals surface area contributed by atoms with Crippen LogP contribution >= 0.6 is 0 Å². The number of nitriles is 1. The third kappa shape index (κ3) is 4.02. The van der Waals surface area contributed by atoms with Crippen molar-refractivity contribution in [1.29, 1.82) is 5.26 Å². The number of methoxy groups -OCH3 is 2. The normalized spacial score (nSPS) is 10.9. The van der Waals surface area contributed by atoms with Crippen LogP contribution in [0.5, 0.6) is 11.5 Å². The van der Waals surface area contributed by atoms with Gasteiger partial charge in [0, 0.05) is 11.6 Å². The third-order valence-corrected chi connectivity index (χ3v) is 2.42. The molecular formula is C15H17NO4. The first kappa shape index (κ1) is 15.6. The number of ether oxygens (including phenoxy) is 3. The van der Waals surface area contributed by atoms with Crippen molar-refractivity contribution in [3.63, 3.8) is 0 Å². The first-order chi connectivity index (χ1) is 9.51. The van der Waals surface area contributed by atoms with E-state index in [0.717, 1.165) is 0 Å². The van der Waals surface area contributed by atoms with Gasteiger partial charge >= 0.3 is 5.97 Å². The zero-order valence-electron chi connectivity index (χ0n) is 12.0. The summed E-state index contributed by atoms with van der Waals surface area (Å²) in [4.78, 5) is 11.7. The van der Waals surface area contributed by atoms with Gasteiger partial charge in [0.2, 0.25) is 0 Å². The van der Waals surface area contributed by atoms with Crippen molar-refractivity contribution in [2.75, 3.05) is 14.2 Å². The Balaban J connectivity index is 3.13. The fourth-order valence-electron chi connectivity index (χ4n) is 1.51. The Hall–Kier alpha value is -2.48. The molecule has 0 spiro atoms. The Kier molecular flexibility index (Phi) is 5.60. The van der Waals surface area contributed by atoms with Crippen molar-refractivity contribution in [2.45, 2.75) is 20.0 Å². The first-order valence-corrected chi connectivity index (χ1v) is 6.06. The molecule has 106 valence electrons. The highest BCUT2D eigenvalue weighted by Crippen LogP contribution is 2.26. The lowest BCUT2D eigenvalue weighted by Gasteiger charge is -2.09. The second kappa shape index (κ2) is 7.19. The monoisotopic (exact) mass is 275 g/mol. The SMILES string of the molecule is COc1ccc(C=C(C#N)C(=O)OC(C)C)c(OC)c1. The molecule has 0 radical (unpaired) electrons. The van der Waals surface area contributed by atoms with Crippen molar-refractivity contribution in [3.8, 4) is 17.6 Å². The Morgan fingerprint density at radius 2 is 2.00 bits per heavy atom. The molecule has 0 amide bonds. The highest BCUT2D eigenvalue weighted by molar-refractivity contribution is 5.98. The van der Waals surface area contributed by atoms with E-state index < -0.39 is 5.97 Å². The summed E-state index contributed by atoms with van der Waals surface area (Å²) in [5.41, 5.74) is 0.521. The van der Waals surface area contributed by atoms with E-state index in [0.29, 0.717) is 17.1 Å². The maximum atomic E-state index is 11.7. The van der Waals surface area contributed by atoms with Gasteiger partial charge in [-0.1, -0.05) is 0 Å². The minimum atomic E-state index is -0.652. The van der Waals surface area contributed by atoms with E-state index in [1.54, 1.807) is 39.2 Å². The summed E-state index contributed by atoms with van der Waals surface area (Å²) in [5, 5.41) is 9.05. The predicted molar refractivity (Wildman–Crippen MR) is 74.4 cm³/mol. The van der Waals surface area contributed by atoms with Gasteiger partial charge in [-0.25, -0.2) is 4.79 Å². The molecule has 1 rings (SSSR count). The molecule has 0 heterocycles. The summed E-state index contributed by atoms with van der Waals surface area (Å²) in [6, 6.07) is 6.94. The van der Waals surface area contributed by atoms with E-state index in [-0.39, 0.29) is 11.7 Å². The van der Waals surface area contributed by atoms with Crippen molar-refractivity contribution >= 4 is 12.0 Å². The Morgan fingerprint density at radius 1 is 1.30 bits per heavy atom. The van der Waals surface area contributed by atoms with Gasteiger partial charge in [0.25, 0.3) is 0 Å². The molecule has 0 unspecified atom stereocenters. The Labute approximate surface area is 118 Å². The molecule has 0 N–H and O–H groups in total. The molecule has 0 aliphatic rings. The van der Waals surface area contributed by atoms with Crippen molar-refractivity contribution in [3.05, 3.63) is 29.3 Å². The molecule has 0 saturated carbocycles. The lowest BCUT2D eigenvalue weighted by Crippen LogP contribution is -2.12. The molecule has 5 nitrogen and oxygen atoms in total. The molecule has 0 bridgehead atoms. The maximum Gasteiger partial charge on any atom is 0.349 e. The zero-order chi connectivity index (χ0) is 15.1. The van der Waals surface area contributed by atoms with E-state index in [1.807, 2.05) is 6.07 Å². The molecule has 0 aromatic heterocycles. The van der Waals surface area contributed by atoms with E-state index in [2.05, 4.69) is 0 Å². The predicted octanol–water partition coefficient (Wildman–Crippen LogP) is 2.56. The topological polar surface area (TPSA) is 68.5 Å². The van der Waals surface area contributed by atoms with Crippen molar-refractivity contribution < 1.29 is 19.0 Å². The van der Waals surface area contributed by atoms with Crippen LogP contribution in [0.2, 0.25) is 0 Å². The van der Waals surface area contributed by atoms with E-state index in [4.69, 9.17) is 19.5 Å². The van der Waals surface area contributed by atoms with Gasteiger partial charge in [0.15, 0.2) is 0 Å². The molecule has 0 aliphatic carbocycles. The summed E-state index contributed by atoms with van der Waals surface area (Å²) < 4.78 is 15.3. The minimum Gasteiger partial charge on any atom is -0.497 e. The van der Waals surface area contributed by atoms with Crippen LogP contribution in [0.1, 0.15) is 19.4 Å². The van der Waals surface area contributed by atoms with Crippen LogP contribution in [0.15, 0.2) is 23.8 Å². The molecular weight excluding hydrogens is 258 g/mol. The van der Waals surface area contributed by atoms with Gasteiger partial charge in [-0.2, -0.15) is 5.26 Å². The maximum absolute atomic E-state index is 11.7. The molecule has 1 aromatic carbocycles. The fourth-order valence-corrected chi connectivity index (χ4v) is 1.51. The summed E-state index contributed by atoms with van der Waals surface area (Å²) in [7, 11) is 3.05. The van der Waals surface area contributed by atoms with Crippen LogP contribution < -0.4 is 9.47 Å². The first-order valence-electron chi connectivity index (χ1n) is 6.06. The Morgan fingerprint density at radius 3 is 2.50 bits per heavy atom. The summed E-state index contributed by atoms with van der Waals surface area (Å²) in [6.07, 6.45) is 1.15. The second-order valence-electron chi connectivity index (χ2n) is 4.23. The van der Waals surface area contributed by atoms with Crippen molar-refractivity contribution in [1.82, 2.24) is 0 Å². The number of carbonyl (C=O) groups is 1. The standard InChI is InChI=1S/C15H17NO4/c1-10(2)20-15(17)12(9-16)7-11-5-6-13(18-3)8-14(11)19-4/h5-8,10H,1-4H3. The van der Waals surface area contributed by atoms with Crippen molar-refractivity contribution in [2.24, 2.45) is 0 Å². The van der Waals surface area contributed by atoms with Gasteiger partial charge in [0.05, 0.1) is 20.3 Å². The lowest BCUT2D eigenvalue weighted by molar-refractivity contribution is -0.142. The minimum absolute atomic E-state index is 0.0813. The van der Waals surface area contributed by atoms with Crippen LogP contribution in [0.4, 0.5) is 0 Å². The number of rotatable bonds is 5. The molecule has 20 heavy (non-hydrogen) atoms. The largest absolute Gasteiger partial charge is 0.497 e. The third-order valence-electron chi connectivity index (χ3n) is 2.42. The number of hydrogen-bond acceptors (Lipinski definition) is 5. The second-order valence-corrected chi connectivity index (χ2v) is 4.23. The van der Waals surface area contributed by atoms with Gasteiger partial charge in [-0.15, -0.1) is 0 Å². The molecule has 0 fully saturated rings. The number of hydrogen-bond donors (Lipinski definition) is 0. The molecule has 0 saturated heterocycles. The van der Waals surface area contributed by atoms with Gasteiger partial charge in [0.1, 0.15) is 23.1 Å². The molecule has 5 heteroatoms. The molecule has 0 aliphatic heterocycles. The van der Waals surface area contributed by atoms with E-state index in [9.17, 15) is 4.79 Å². The van der Waals surface area contributed by atoms with Gasteiger partial charge in [-0.3, -0.25) is 0 Å². The number of benzene rings is 1. The average molecular weight is 275 g/mol. The lowest BCUT2D eigenvalue weighted by atomic mass is 10.1. The molecule has 1 aromatic rings. The van der Waals surface area contributed by atoms with Crippen LogP contribution in [-0.2, 0) is 9.53 Å². The number of nitrogens with zero attached hydrogens (tertiary/aromatic N) is 1. The summed E-state index contributed by atoms with van der Waals surface area (Å²) in [6.45, 7) is 3.45. The average Bonchev–Trinajstić information content (AvgIpc) is 2.43. The number of esters is 1. The van der Waals surface area contributed by atoms with Gasteiger partial charge in [-0.05, 0) is 32.1 Å². The summed E-state index contributed by atoms with van der Waals surface area (Å²) in [5.74, 6) is 0.483. The van der Waals surface area contributed by atoms with E-state index >= 15 is 0 Å². The van der Waals surface area contributed by atoms with Crippen LogP contribution in [-0.4, -0.2) is 26.3 Å². The number of carbonyl (C=O) groups excluding carboxylic acids is 1. The van der Waals surface area contributed by atoms with E-state index in [1.165, 1.54) is 13.2 Å². The molecule has 0 atom stereocenters. The Bertz CT molecular complexity index is 555. The summed E-state index contributed by atoms with van der Waals surface area (Å²) >= 11 is 0. The van der Waals surface area contributed by atoms with Crippen LogP contribution in [0, 0.1) is 11.3 Å². The van der Waals surface area contributed by atoms with Crippen LogP contribution in [0.25, 0.3) is 6.08 Å². The zero-order valence-corrected chi connectivity index (χ0v) is 12.0. The van der Waals surface area contributed by atoms with Gasteiger partial charge < -0.3 is 14.2 Å². The highest BCUT2D eigenvalue weighted by Gasteiger charge is 2.14. The van der Waals surface area contributed by atoms with Crippen LogP contribution in [0.3, 0.4) is 0 Å².